The number of aryl methyl sites for hydroxylation is 1. The zero-order chi connectivity index (χ0) is 13.3. The lowest BCUT2D eigenvalue weighted by Gasteiger charge is -2.31. The third-order valence-electron chi connectivity index (χ3n) is 3.67. The van der Waals surface area contributed by atoms with Crippen molar-refractivity contribution in [2.24, 2.45) is 11.8 Å². The molecule has 1 N–H and O–H groups in total. The summed E-state index contributed by atoms with van der Waals surface area (Å²) in [6.07, 6.45) is -3.33. The molecule has 0 amide bonds. The van der Waals surface area contributed by atoms with Crippen molar-refractivity contribution in [2.75, 3.05) is 0 Å². The lowest BCUT2D eigenvalue weighted by Crippen LogP contribution is -2.29. The number of nitrogens with zero attached hydrogens (tertiary/aromatic N) is 1. The first-order chi connectivity index (χ1) is 8.38. The number of hydrogen-bond donors (Lipinski definition) is 1. The smallest absolute Gasteiger partial charge is 0.344 e. The van der Waals surface area contributed by atoms with Crippen molar-refractivity contribution in [3.63, 3.8) is 0 Å². The monoisotopic (exact) mass is 264 g/mol. The van der Waals surface area contributed by atoms with Gasteiger partial charge in [-0.25, -0.2) is 9.37 Å². The van der Waals surface area contributed by atoms with E-state index in [0.717, 1.165) is 0 Å². The van der Waals surface area contributed by atoms with Gasteiger partial charge in [-0.05, 0) is 38.5 Å². The zero-order valence-corrected chi connectivity index (χ0v) is 10.1. The molecule has 0 spiro atoms. The first-order valence-corrected chi connectivity index (χ1v) is 6.10. The third-order valence-corrected chi connectivity index (χ3v) is 3.67. The first kappa shape index (κ1) is 13.4. The third kappa shape index (κ3) is 2.84. The number of alkyl halides is 4. The number of halogens is 4. The van der Waals surface area contributed by atoms with Gasteiger partial charge in [-0.1, -0.05) is 0 Å². The molecule has 1 aliphatic carbocycles. The molecule has 1 aromatic rings. The molecular formula is C12H16F4N2. The van der Waals surface area contributed by atoms with Crippen molar-refractivity contribution in [3.05, 3.63) is 17.7 Å². The van der Waals surface area contributed by atoms with Crippen LogP contribution in [0.3, 0.4) is 0 Å². The SMILES string of the molecule is Cc1ncc(C(F)C2CCC(C(F)(F)F)CC2)[nH]1. The molecule has 1 heterocycles. The van der Waals surface area contributed by atoms with Gasteiger partial charge in [0.25, 0.3) is 0 Å². The van der Waals surface area contributed by atoms with Crippen LogP contribution in [-0.2, 0) is 0 Å². The number of rotatable bonds is 2. The maximum absolute atomic E-state index is 14.1. The number of nitrogens with one attached hydrogen (secondary N) is 1. The molecule has 2 nitrogen and oxygen atoms in total. The highest BCUT2D eigenvalue weighted by Gasteiger charge is 2.42. The molecule has 0 bridgehead atoms. The van der Waals surface area contributed by atoms with E-state index in [2.05, 4.69) is 9.97 Å². The van der Waals surface area contributed by atoms with E-state index >= 15 is 0 Å². The van der Waals surface area contributed by atoms with Gasteiger partial charge in [-0.15, -0.1) is 0 Å². The predicted molar refractivity (Wildman–Crippen MR) is 58.7 cm³/mol. The van der Waals surface area contributed by atoms with Crippen molar-refractivity contribution in [3.8, 4) is 0 Å². The number of hydrogen-bond acceptors (Lipinski definition) is 1. The quantitative estimate of drug-likeness (QED) is 0.800. The van der Waals surface area contributed by atoms with Crippen LogP contribution in [0.15, 0.2) is 6.20 Å². The molecule has 1 aliphatic rings. The number of aromatic nitrogens is 2. The summed E-state index contributed by atoms with van der Waals surface area (Å²) in [5.74, 6) is -0.968. The molecule has 0 aliphatic heterocycles. The Morgan fingerprint density at radius 2 is 1.89 bits per heavy atom. The van der Waals surface area contributed by atoms with Gasteiger partial charge in [-0.2, -0.15) is 13.2 Å². The Kier molecular flexibility index (Phi) is 3.64. The summed E-state index contributed by atoms with van der Waals surface area (Å²) in [7, 11) is 0. The Labute approximate surface area is 103 Å². The number of aromatic amines is 1. The Hall–Kier alpha value is -1.07. The molecule has 1 aromatic heterocycles. The minimum absolute atomic E-state index is 0.0295. The fourth-order valence-electron chi connectivity index (χ4n) is 2.57. The van der Waals surface area contributed by atoms with Gasteiger partial charge in [0.15, 0.2) is 0 Å². The largest absolute Gasteiger partial charge is 0.391 e. The Balaban J connectivity index is 1.94. The van der Waals surface area contributed by atoms with Crippen LogP contribution in [0.1, 0.15) is 43.4 Å². The van der Waals surface area contributed by atoms with Crippen LogP contribution in [-0.4, -0.2) is 16.1 Å². The molecule has 0 saturated heterocycles. The summed E-state index contributed by atoms with van der Waals surface area (Å²) < 4.78 is 51.6. The minimum atomic E-state index is -4.14. The topological polar surface area (TPSA) is 28.7 Å². The second-order valence-electron chi connectivity index (χ2n) is 4.98. The highest BCUT2D eigenvalue weighted by atomic mass is 19.4. The average Bonchev–Trinajstić information content (AvgIpc) is 2.74. The van der Waals surface area contributed by atoms with E-state index in [1.807, 2.05) is 0 Å². The second-order valence-corrected chi connectivity index (χ2v) is 4.98. The van der Waals surface area contributed by atoms with E-state index in [1.54, 1.807) is 6.92 Å². The highest BCUT2D eigenvalue weighted by Crippen LogP contribution is 2.43. The Morgan fingerprint density at radius 3 is 2.33 bits per heavy atom. The molecular weight excluding hydrogens is 248 g/mol. The summed E-state index contributed by atoms with van der Waals surface area (Å²) in [4.78, 5) is 6.72. The fourth-order valence-corrected chi connectivity index (χ4v) is 2.57. The Morgan fingerprint density at radius 1 is 1.28 bits per heavy atom. The van der Waals surface area contributed by atoms with Crippen molar-refractivity contribution in [1.82, 2.24) is 9.97 Å². The van der Waals surface area contributed by atoms with Gasteiger partial charge in [0.2, 0.25) is 0 Å². The molecule has 102 valence electrons. The van der Waals surface area contributed by atoms with Crippen LogP contribution in [0.25, 0.3) is 0 Å². The zero-order valence-electron chi connectivity index (χ0n) is 10.1. The first-order valence-electron chi connectivity index (χ1n) is 6.10. The summed E-state index contributed by atoms with van der Waals surface area (Å²) in [5.41, 5.74) is 0.378. The van der Waals surface area contributed by atoms with Crippen LogP contribution in [0, 0.1) is 18.8 Å². The van der Waals surface area contributed by atoms with Crippen molar-refractivity contribution in [2.45, 2.75) is 45.0 Å². The van der Waals surface area contributed by atoms with E-state index in [-0.39, 0.29) is 31.6 Å². The molecule has 0 radical (unpaired) electrons. The molecule has 1 saturated carbocycles. The van der Waals surface area contributed by atoms with Crippen LogP contribution in [0.2, 0.25) is 0 Å². The fraction of sp³-hybridized carbons (Fsp3) is 0.750. The van der Waals surface area contributed by atoms with E-state index in [9.17, 15) is 17.6 Å². The lowest BCUT2D eigenvalue weighted by molar-refractivity contribution is -0.185. The van der Waals surface area contributed by atoms with Gasteiger partial charge in [0, 0.05) is 0 Å². The van der Waals surface area contributed by atoms with Crippen molar-refractivity contribution >= 4 is 0 Å². The van der Waals surface area contributed by atoms with Crippen LogP contribution >= 0.6 is 0 Å². The van der Waals surface area contributed by atoms with Crippen LogP contribution in [0.5, 0.6) is 0 Å². The van der Waals surface area contributed by atoms with Gasteiger partial charge in [-0.3, -0.25) is 0 Å². The predicted octanol–water partition coefficient (Wildman–Crippen LogP) is 4.10. The standard InChI is InChI=1S/C12H16F4N2/c1-7-17-6-10(18-7)11(13)8-2-4-9(5-3-8)12(14,15)16/h6,8-9,11H,2-5H2,1H3,(H,17,18). The van der Waals surface area contributed by atoms with Crippen LogP contribution < -0.4 is 0 Å². The maximum Gasteiger partial charge on any atom is 0.391 e. The number of H-pyrrole nitrogens is 1. The molecule has 18 heavy (non-hydrogen) atoms. The van der Waals surface area contributed by atoms with Crippen molar-refractivity contribution in [1.29, 1.82) is 0 Å². The van der Waals surface area contributed by atoms with E-state index < -0.39 is 18.3 Å². The van der Waals surface area contributed by atoms with Gasteiger partial charge in [0.1, 0.15) is 12.0 Å². The minimum Gasteiger partial charge on any atom is -0.344 e. The second kappa shape index (κ2) is 4.90. The molecule has 0 aromatic carbocycles. The molecule has 1 fully saturated rings. The van der Waals surface area contributed by atoms with Gasteiger partial charge >= 0.3 is 6.18 Å². The van der Waals surface area contributed by atoms with E-state index in [4.69, 9.17) is 0 Å². The molecule has 1 atom stereocenters. The number of imidazole rings is 1. The summed E-state index contributed by atoms with van der Waals surface area (Å²) in [5, 5.41) is 0. The maximum atomic E-state index is 14.1. The van der Waals surface area contributed by atoms with Crippen LogP contribution in [0.4, 0.5) is 17.6 Å². The summed E-state index contributed by atoms with van der Waals surface area (Å²) >= 11 is 0. The normalized spacial score (nSPS) is 27.2. The highest BCUT2D eigenvalue weighted by molar-refractivity contribution is 5.05. The van der Waals surface area contributed by atoms with E-state index in [0.29, 0.717) is 11.5 Å². The lowest BCUT2D eigenvalue weighted by atomic mass is 9.79. The van der Waals surface area contributed by atoms with Crippen molar-refractivity contribution < 1.29 is 17.6 Å². The molecule has 1 unspecified atom stereocenters. The summed E-state index contributed by atoms with van der Waals surface area (Å²) in [6, 6.07) is 0. The Bertz CT molecular complexity index is 391. The summed E-state index contributed by atoms with van der Waals surface area (Å²) in [6.45, 7) is 1.72. The molecule has 6 heteroatoms. The van der Waals surface area contributed by atoms with Gasteiger partial charge in [0.05, 0.1) is 17.8 Å². The van der Waals surface area contributed by atoms with E-state index in [1.165, 1.54) is 6.20 Å². The average molecular weight is 264 g/mol. The van der Waals surface area contributed by atoms with Gasteiger partial charge < -0.3 is 4.98 Å². The molecule has 2 rings (SSSR count).